The van der Waals surface area contributed by atoms with Gasteiger partial charge in [0.25, 0.3) is 0 Å². The van der Waals surface area contributed by atoms with Crippen LogP contribution in [0.1, 0.15) is 12.8 Å². The highest BCUT2D eigenvalue weighted by atomic mass is 32.2. The van der Waals surface area contributed by atoms with Crippen LogP contribution in [0.5, 0.6) is 0 Å². The van der Waals surface area contributed by atoms with E-state index in [2.05, 4.69) is 15.2 Å². The maximum absolute atomic E-state index is 11.4. The molecule has 2 saturated heterocycles. The number of anilines is 1. The average Bonchev–Trinajstić information content (AvgIpc) is 2.36. The zero-order valence-electron chi connectivity index (χ0n) is 11.1. The Morgan fingerprint density at radius 3 is 2.47 bits per heavy atom. The Morgan fingerprint density at radius 1 is 1.26 bits per heavy atom. The smallest absolute Gasteiger partial charge is 0.192 e. The van der Waals surface area contributed by atoms with Crippen LogP contribution in [-0.4, -0.2) is 45.8 Å². The second kappa shape index (κ2) is 4.45. The molecule has 104 valence electrons. The second-order valence-electron chi connectivity index (χ2n) is 5.73. The van der Waals surface area contributed by atoms with Crippen LogP contribution in [0.15, 0.2) is 23.4 Å². The highest BCUT2D eigenvalue weighted by Gasteiger charge is 2.43. The Kier molecular flexibility index (Phi) is 3.02. The molecule has 0 saturated carbocycles. The van der Waals surface area contributed by atoms with Gasteiger partial charge in [-0.05, 0) is 38.1 Å². The predicted octanol–water partition coefficient (Wildman–Crippen LogP) is 0.675. The van der Waals surface area contributed by atoms with E-state index in [-0.39, 0.29) is 5.03 Å². The number of nitrogens with one attached hydrogen (secondary N) is 1. The molecule has 2 fully saturated rings. The van der Waals surface area contributed by atoms with Crippen LogP contribution in [0.25, 0.3) is 0 Å². The Balaban J connectivity index is 1.69. The van der Waals surface area contributed by atoms with Crippen molar-refractivity contribution in [3.8, 4) is 0 Å². The predicted molar refractivity (Wildman–Crippen MR) is 74.1 cm³/mol. The van der Waals surface area contributed by atoms with Gasteiger partial charge in [-0.2, -0.15) is 0 Å². The Morgan fingerprint density at radius 2 is 1.95 bits per heavy atom. The second-order valence-corrected chi connectivity index (χ2v) is 7.70. The van der Waals surface area contributed by atoms with Crippen LogP contribution >= 0.6 is 0 Å². The maximum Gasteiger partial charge on any atom is 0.192 e. The number of hydrogen-bond acceptors (Lipinski definition) is 5. The first-order valence-corrected chi connectivity index (χ1v) is 8.50. The minimum Gasteiger partial charge on any atom is -0.369 e. The van der Waals surface area contributed by atoms with Crippen LogP contribution < -0.4 is 10.2 Å². The zero-order chi connectivity index (χ0) is 13.5. The normalized spacial score (nSPS) is 22.3. The molecule has 1 spiro atoms. The fourth-order valence-electron chi connectivity index (χ4n) is 3.00. The number of aromatic nitrogens is 1. The summed E-state index contributed by atoms with van der Waals surface area (Å²) in [5.41, 5.74) is 1.50. The fourth-order valence-corrected chi connectivity index (χ4v) is 3.56. The quantitative estimate of drug-likeness (QED) is 0.863. The molecule has 3 heterocycles. The minimum atomic E-state index is -3.20. The van der Waals surface area contributed by atoms with Crippen molar-refractivity contribution in [3.05, 3.63) is 18.3 Å². The van der Waals surface area contributed by atoms with Crippen molar-refractivity contribution in [2.24, 2.45) is 5.41 Å². The first kappa shape index (κ1) is 12.9. The van der Waals surface area contributed by atoms with E-state index in [1.165, 1.54) is 19.1 Å². The molecule has 3 rings (SSSR count). The molecule has 0 aliphatic carbocycles. The van der Waals surface area contributed by atoms with Crippen molar-refractivity contribution in [2.45, 2.75) is 17.9 Å². The van der Waals surface area contributed by atoms with Crippen LogP contribution in [0.2, 0.25) is 0 Å². The SMILES string of the molecule is CS(=O)(=O)c1ccc(N2CC3(CCNCC3)C2)cn1. The van der Waals surface area contributed by atoms with Crippen molar-refractivity contribution in [2.75, 3.05) is 37.3 Å². The van der Waals surface area contributed by atoms with E-state index in [1.807, 2.05) is 6.07 Å². The zero-order valence-corrected chi connectivity index (χ0v) is 11.9. The number of pyridine rings is 1. The lowest BCUT2D eigenvalue weighted by Gasteiger charge is -2.53. The molecule has 2 aliphatic rings. The number of rotatable bonds is 2. The van der Waals surface area contributed by atoms with Gasteiger partial charge in [0.2, 0.25) is 0 Å². The summed E-state index contributed by atoms with van der Waals surface area (Å²) >= 11 is 0. The number of piperidine rings is 1. The monoisotopic (exact) mass is 281 g/mol. The molecular formula is C13H19N3O2S. The van der Waals surface area contributed by atoms with Gasteiger partial charge in [0, 0.05) is 24.8 Å². The Labute approximate surface area is 113 Å². The number of hydrogen-bond donors (Lipinski definition) is 1. The lowest BCUT2D eigenvalue weighted by Crippen LogP contribution is -2.60. The van der Waals surface area contributed by atoms with E-state index >= 15 is 0 Å². The molecule has 1 aromatic heterocycles. The summed E-state index contributed by atoms with van der Waals surface area (Å²) in [6, 6.07) is 3.45. The summed E-state index contributed by atoms with van der Waals surface area (Å²) in [7, 11) is -3.20. The van der Waals surface area contributed by atoms with Gasteiger partial charge in [-0.15, -0.1) is 0 Å². The number of nitrogens with zero attached hydrogens (tertiary/aromatic N) is 2. The van der Waals surface area contributed by atoms with Gasteiger partial charge in [0.1, 0.15) is 0 Å². The van der Waals surface area contributed by atoms with Gasteiger partial charge in [0.15, 0.2) is 14.9 Å². The van der Waals surface area contributed by atoms with Crippen molar-refractivity contribution in [1.82, 2.24) is 10.3 Å². The molecular weight excluding hydrogens is 262 g/mol. The summed E-state index contributed by atoms with van der Waals surface area (Å²) in [5.74, 6) is 0. The van der Waals surface area contributed by atoms with Crippen molar-refractivity contribution in [3.63, 3.8) is 0 Å². The van der Waals surface area contributed by atoms with Crippen LogP contribution in [0.3, 0.4) is 0 Å². The van der Waals surface area contributed by atoms with Gasteiger partial charge in [-0.25, -0.2) is 13.4 Å². The molecule has 0 bridgehead atoms. The van der Waals surface area contributed by atoms with Crippen molar-refractivity contribution >= 4 is 15.5 Å². The third kappa shape index (κ3) is 2.47. The van der Waals surface area contributed by atoms with Gasteiger partial charge in [-0.3, -0.25) is 0 Å². The van der Waals surface area contributed by atoms with Crippen LogP contribution in [0, 0.1) is 5.41 Å². The van der Waals surface area contributed by atoms with Gasteiger partial charge < -0.3 is 10.2 Å². The standard InChI is InChI=1S/C13H19N3O2S/c1-19(17,18)12-3-2-11(8-15-12)16-9-13(10-16)4-6-14-7-5-13/h2-3,8,14H,4-7,9-10H2,1H3. The molecule has 2 aliphatic heterocycles. The van der Waals surface area contributed by atoms with Gasteiger partial charge in [-0.1, -0.05) is 0 Å². The van der Waals surface area contributed by atoms with Gasteiger partial charge >= 0.3 is 0 Å². The number of sulfone groups is 1. The highest BCUT2D eigenvalue weighted by molar-refractivity contribution is 7.90. The lowest BCUT2D eigenvalue weighted by molar-refractivity contribution is 0.150. The third-order valence-corrected chi connectivity index (χ3v) is 5.18. The molecule has 0 amide bonds. The van der Waals surface area contributed by atoms with E-state index in [9.17, 15) is 8.42 Å². The third-order valence-electron chi connectivity index (χ3n) is 4.18. The Hall–Kier alpha value is -1.14. The van der Waals surface area contributed by atoms with E-state index in [0.29, 0.717) is 5.41 Å². The van der Waals surface area contributed by atoms with Crippen molar-refractivity contribution in [1.29, 1.82) is 0 Å². The van der Waals surface area contributed by atoms with E-state index in [4.69, 9.17) is 0 Å². The van der Waals surface area contributed by atoms with Crippen LogP contribution in [0.4, 0.5) is 5.69 Å². The average molecular weight is 281 g/mol. The van der Waals surface area contributed by atoms with Crippen LogP contribution in [-0.2, 0) is 9.84 Å². The van der Waals surface area contributed by atoms with E-state index < -0.39 is 9.84 Å². The summed E-state index contributed by atoms with van der Waals surface area (Å²) in [6.07, 6.45) is 5.32. The topological polar surface area (TPSA) is 62.3 Å². The minimum absolute atomic E-state index is 0.147. The first-order valence-electron chi connectivity index (χ1n) is 6.60. The fraction of sp³-hybridized carbons (Fsp3) is 0.615. The largest absolute Gasteiger partial charge is 0.369 e. The summed E-state index contributed by atoms with van der Waals surface area (Å²) in [6.45, 7) is 4.35. The Bertz CT molecular complexity index is 554. The van der Waals surface area contributed by atoms with E-state index in [1.54, 1.807) is 12.3 Å². The molecule has 6 heteroatoms. The highest BCUT2D eigenvalue weighted by Crippen LogP contribution is 2.40. The molecule has 0 atom stereocenters. The molecule has 0 radical (unpaired) electrons. The molecule has 0 aromatic carbocycles. The lowest BCUT2D eigenvalue weighted by atomic mass is 9.72. The van der Waals surface area contributed by atoms with E-state index in [0.717, 1.165) is 31.9 Å². The molecule has 0 unspecified atom stereocenters. The summed E-state index contributed by atoms with van der Waals surface area (Å²) in [5, 5.41) is 3.54. The molecule has 19 heavy (non-hydrogen) atoms. The first-order chi connectivity index (χ1) is 8.99. The summed E-state index contributed by atoms with van der Waals surface area (Å²) in [4.78, 5) is 6.33. The summed E-state index contributed by atoms with van der Waals surface area (Å²) < 4.78 is 22.7. The van der Waals surface area contributed by atoms with Gasteiger partial charge in [0.05, 0.1) is 11.9 Å². The molecule has 1 aromatic rings. The molecule has 1 N–H and O–H groups in total. The molecule has 5 nitrogen and oxygen atoms in total. The van der Waals surface area contributed by atoms with Crippen molar-refractivity contribution < 1.29 is 8.42 Å². The maximum atomic E-state index is 11.4.